The summed E-state index contributed by atoms with van der Waals surface area (Å²) in [6.45, 7) is -0.0139. The van der Waals surface area contributed by atoms with Gasteiger partial charge in [0.1, 0.15) is 0 Å². The molecule has 53 valence electrons. The van der Waals surface area contributed by atoms with Crippen molar-refractivity contribution >= 4 is 22.6 Å². The van der Waals surface area contributed by atoms with E-state index in [0.29, 0.717) is 6.42 Å². The zero-order valence-corrected chi connectivity index (χ0v) is 7.67. The maximum absolute atomic E-state index is 10.2. The Kier molecular flexibility index (Phi) is 3.15. The van der Waals surface area contributed by atoms with Crippen molar-refractivity contribution in [2.24, 2.45) is 0 Å². The summed E-state index contributed by atoms with van der Waals surface area (Å²) in [5.41, 5.74) is 1.16. The summed E-state index contributed by atoms with van der Waals surface area (Å²) >= 11 is 2.24. The Bertz CT molecular complexity index is 210. The molecule has 10 heavy (non-hydrogen) atoms. The molecule has 0 saturated heterocycles. The molecule has 0 aliphatic carbocycles. The molecule has 0 fully saturated rings. The number of halogens is 1. The normalized spacial score (nSPS) is 9.80. The molecule has 2 heteroatoms. The number of hydrogen-bond acceptors (Lipinski definition) is 0. The maximum atomic E-state index is 10.2. The molecule has 1 aromatic carbocycles. The molecule has 0 saturated carbocycles. The molecule has 1 rings (SSSR count). The fraction of sp³-hybridized carbons (Fsp3) is 0.250. The molecule has 0 aliphatic heterocycles. The van der Waals surface area contributed by atoms with Gasteiger partial charge in [-0.3, -0.25) is 0 Å². The number of benzene rings is 1. The van der Waals surface area contributed by atoms with Gasteiger partial charge in [0.05, 0.1) is 6.61 Å². The van der Waals surface area contributed by atoms with E-state index in [9.17, 15) is 5.11 Å². The first-order valence-corrected chi connectivity index (χ1v) is 4.24. The van der Waals surface area contributed by atoms with Gasteiger partial charge < -0.3 is 0 Å². The van der Waals surface area contributed by atoms with Crippen LogP contribution in [0.5, 0.6) is 0 Å². The van der Waals surface area contributed by atoms with Gasteiger partial charge in [-0.1, -0.05) is 18.2 Å². The summed E-state index contributed by atoms with van der Waals surface area (Å²) in [6.07, 6.45) is 0.652. The van der Waals surface area contributed by atoms with Crippen LogP contribution < -0.4 is 0 Å². The first-order valence-electron chi connectivity index (χ1n) is 3.16. The minimum atomic E-state index is -0.0139. The largest absolute Gasteiger partial charge is 0.236 e. The van der Waals surface area contributed by atoms with Crippen LogP contribution in [0.3, 0.4) is 0 Å². The van der Waals surface area contributed by atoms with Gasteiger partial charge in [-0.15, -0.1) is 0 Å². The topological polar surface area (TPSA) is 19.9 Å². The molecule has 0 aromatic heterocycles. The molecule has 0 atom stereocenters. The highest BCUT2D eigenvalue weighted by Gasteiger charge is 1.95. The van der Waals surface area contributed by atoms with E-state index in [4.69, 9.17) is 0 Å². The first kappa shape index (κ1) is 8.01. The molecule has 0 bridgehead atoms. The second kappa shape index (κ2) is 3.93. The first-order chi connectivity index (χ1) is 4.84. The van der Waals surface area contributed by atoms with Crippen molar-refractivity contribution in [3.8, 4) is 0 Å². The quantitative estimate of drug-likeness (QED) is 0.714. The molecular formula is C8H8IO. The van der Waals surface area contributed by atoms with Crippen molar-refractivity contribution in [2.75, 3.05) is 6.61 Å². The predicted molar refractivity (Wildman–Crippen MR) is 48.4 cm³/mol. The van der Waals surface area contributed by atoms with E-state index in [1.165, 1.54) is 3.57 Å². The lowest BCUT2D eigenvalue weighted by atomic mass is 10.2. The van der Waals surface area contributed by atoms with Crippen molar-refractivity contribution in [1.82, 2.24) is 0 Å². The molecule has 1 aromatic rings. The third kappa shape index (κ3) is 1.95. The molecular weight excluding hydrogens is 239 g/mol. The Morgan fingerprint density at radius 1 is 1.30 bits per heavy atom. The van der Waals surface area contributed by atoms with Crippen molar-refractivity contribution in [3.63, 3.8) is 0 Å². The molecule has 0 heterocycles. The lowest BCUT2D eigenvalue weighted by Gasteiger charge is -1.98. The average molecular weight is 247 g/mol. The van der Waals surface area contributed by atoms with Gasteiger partial charge in [-0.2, -0.15) is 0 Å². The molecule has 1 radical (unpaired) electrons. The SMILES string of the molecule is [O]CCc1ccccc1I. The summed E-state index contributed by atoms with van der Waals surface area (Å²) in [5.74, 6) is 0. The standard InChI is InChI=1S/C8H8IO/c9-8-4-2-1-3-7(8)5-6-10/h1-4H,5-6H2. The van der Waals surface area contributed by atoms with E-state index in [-0.39, 0.29) is 6.61 Å². The van der Waals surface area contributed by atoms with Crippen molar-refractivity contribution in [3.05, 3.63) is 33.4 Å². The monoisotopic (exact) mass is 247 g/mol. The van der Waals surface area contributed by atoms with Gasteiger partial charge in [0, 0.05) is 3.57 Å². The Balaban J connectivity index is 2.81. The fourth-order valence-electron chi connectivity index (χ4n) is 0.811. The Morgan fingerprint density at radius 2 is 2.00 bits per heavy atom. The Labute approximate surface area is 74.2 Å². The zero-order chi connectivity index (χ0) is 7.40. The van der Waals surface area contributed by atoms with E-state index in [1.54, 1.807) is 0 Å². The van der Waals surface area contributed by atoms with Gasteiger partial charge in [0.25, 0.3) is 0 Å². The van der Waals surface area contributed by atoms with E-state index in [0.717, 1.165) is 5.56 Å². The van der Waals surface area contributed by atoms with Crippen LogP contribution in [-0.2, 0) is 11.5 Å². The van der Waals surface area contributed by atoms with E-state index < -0.39 is 0 Å². The van der Waals surface area contributed by atoms with Gasteiger partial charge in [-0.25, -0.2) is 5.11 Å². The minimum Gasteiger partial charge on any atom is -0.236 e. The highest BCUT2D eigenvalue weighted by Crippen LogP contribution is 2.11. The molecule has 0 unspecified atom stereocenters. The van der Waals surface area contributed by atoms with Crippen LogP contribution >= 0.6 is 22.6 Å². The van der Waals surface area contributed by atoms with Crippen LogP contribution in [-0.4, -0.2) is 6.61 Å². The third-order valence-corrected chi connectivity index (χ3v) is 2.38. The van der Waals surface area contributed by atoms with E-state index >= 15 is 0 Å². The molecule has 0 amide bonds. The van der Waals surface area contributed by atoms with E-state index in [1.807, 2.05) is 24.3 Å². The van der Waals surface area contributed by atoms with Crippen LogP contribution in [0.25, 0.3) is 0 Å². The molecule has 0 spiro atoms. The smallest absolute Gasteiger partial charge is 0.0863 e. The predicted octanol–water partition coefficient (Wildman–Crippen LogP) is 2.26. The van der Waals surface area contributed by atoms with Gasteiger partial charge in [-0.05, 0) is 40.6 Å². The maximum Gasteiger partial charge on any atom is 0.0863 e. The Morgan fingerprint density at radius 3 is 2.60 bits per heavy atom. The highest BCUT2D eigenvalue weighted by atomic mass is 127. The lowest BCUT2D eigenvalue weighted by Crippen LogP contribution is -1.91. The van der Waals surface area contributed by atoms with Crippen molar-refractivity contribution < 1.29 is 5.11 Å². The molecule has 0 aliphatic rings. The summed E-state index contributed by atoms with van der Waals surface area (Å²) in [7, 11) is 0. The van der Waals surface area contributed by atoms with Crippen LogP contribution in [0.4, 0.5) is 0 Å². The molecule has 0 N–H and O–H groups in total. The van der Waals surface area contributed by atoms with Gasteiger partial charge >= 0.3 is 0 Å². The van der Waals surface area contributed by atoms with Crippen molar-refractivity contribution in [1.29, 1.82) is 0 Å². The van der Waals surface area contributed by atoms with Crippen LogP contribution in [0.15, 0.2) is 24.3 Å². The van der Waals surface area contributed by atoms with Crippen LogP contribution in [0.1, 0.15) is 5.56 Å². The zero-order valence-electron chi connectivity index (χ0n) is 5.51. The van der Waals surface area contributed by atoms with Crippen LogP contribution in [0.2, 0.25) is 0 Å². The number of rotatable bonds is 2. The van der Waals surface area contributed by atoms with Crippen molar-refractivity contribution in [2.45, 2.75) is 6.42 Å². The van der Waals surface area contributed by atoms with E-state index in [2.05, 4.69) is 22.6 Å². The third-order valence-electron chi connectivity index (χ3n) is 1.33. The summed E-state index contributed by atoms with van der Waals surface area (Å²) in [5, 5.41) is 10.2. The lowest BCUT2D eigenvalue weighted by molar-refractivity contribution is 0.197. The summed E-state index contributed by atoms with van der Waals surface area (Å²) in [6, 6.07) is 7.97. The van der Waals surface area contributed by atoms with Gasteiger partial charge in [0.15, 0.2) is 0 Å². The highest BCUT2D eigenvalue weighted by molar-refractivity contribution is 14.1. The summed E-state index contributed by atoms with van der Waals surface area (Å²) in [4.78, 5) is 0. The second-order valence-electron chi connectivity index (χ2n) is 2.05. The minimum absolute atomic E-state index is 0.0139. The van der Waals surface area contributed by atoms with Crippen LogP contribution in [0, 0.1) is 3.57 Å². The average Bonchev–Trinajstić information content (AvgIpc) is 1.94. The summed E-state index contributed by atoms with van der Waals surface area (Å²) < 4.78 is 1.19. The number of hydrogen-bond donors (Lipinski definition) is 0. The molecule has 1 nitrogen and oxygen atoms in total. The fourth-order valence-corrected chi connectivity index (χ4v) is 1.47. The Hall–Kier alpha value is -0.0900. The second-order valence-corrected chi connectivity index (χ2v) is 3.21. The van der Waals surface area contributed by atoms with Gasteiger partial charge in [0.2, 0.25) is 0 Å².